The lowest BCUT2D eigenvalue weighted by Gasteiger charge is -2.22. The van der Waals surface area contributed by atoms with Gasteiger partial charge < -0.3 is 9.84 Å². The molecule has 1 aromatic rings. The van der Waals surface area contributed by atoms with Gasteiger partial charge in [-0.1, -0.05) is 6.07 Å². The second-order valence-electron chi connectivity index (χ2n) is 4.68. The van der Waals surface area contributed by atoms with Gasteiger partial charge in [-0.25, -0.2) is 0 Å². The first-order chi connectivity index (χ1) is 8.36. The number of hydrogen-bond donors (Lipinski definition) is 1. The van der Waals surface area contributed by atoms with Crippen LogP contribution in [0, 0.1) is 13.8 Å². The van der Waals surface area contributed by atoms with E-state index in [1.807, 2.05) is 19.9 Å². The highest BCUT2D eigenvalue weighted by Crippen LogP contribution is 2.24. The summed E-state index contributed by atoms with van der Waals surface area (Å²) in [6.07, 6.45) is 0. The van der Waals surface area contributed by atoms with Gasteiger partial charge in [-0.05, 0) is 45.0 Å². The third kappa shape index (κ3) is 3.23. The Morgan fingerprint density at radius 1 is 1.39 bits per heavy atom. The first-order valence-electron chi connectivity index (χ1n) is 5.94. The number of methoxy groups -OCH3 is 1. The summed E-state index contributed by atoms with van der Waals surface area (Å²) in [6.45, 7) is 6.30. The topological polar surface area (TPSA) is 49.8 Å². The van der Waals surface area contributed by atoms with Crippen molar-refractivity contribution < 1.29 is 14.6 Å². The molecule has 0 aromatic heterocycles. The van der Waals surface area contributed by atoms with E-state index < -0.39 is 12.0 Å². The van der Waals surface area contributed by atoms with Crippen molar-refractivity contribution in [2.24, 2.45) is 0 Å². The molecule has 0 spiro atoms. The van der Waals surface area contributed by atoms with Crippen LogP contribution in [0.15, 0.2) is 12.1 Å². The number of likely N-dealkylation sites (N-methyl/N-ethyl adjacent to an activating group) is 1. The number of aliphatic carboxylic acids is 1. The molecule has 4 heteroatoms. The van der Waals surface area contributed by atoms with E-state index >= 15 is 0 Å². The second kappa shape index (κ2) is 5.87. The molecule has 0 amide bonds. The normalized spacial score (nSPS) is 12.6. The Labute approximate surface area is 108 Å². The number of hydrogen-bond acceptors (Lipinski definition) is 3. The lowest BCUT2D eigenvalue weighted by molar-refractivity contribution is -0.142. The van der Waals surface area contributed by atoms with Gasteiger partial charge in [0.05, 0.1) is 7.11 Å². The Morgan fingerprint density at radius 3 is 2.44 bits per heavy atom. The average Bonchev–Trinajstić information content (AvgIpc) is 2.32. The SMILES string of the molecule is COc1cc(C)c(C)cc1CN(C)C(C)C(=O)O. The van der Waals surface area contributed by atoms with Gasteiger partial charge in [-0.3, -0.25) is 9.69 Å². The number of carboxylic acid groups (broad SMARTS) is 1. The van der Waals surface area contributed by atoms with Gasteiger partial charge in [0.1, 0.15) is 11.8 Å². The fourth-order valence-electron chi connectivity index (χ4n) is 1.76. The Balaban J connectivity index is 2.96. The lowest BCUT2D eigenvalue weighted by atomic mass is 10.0. The number of carboxylic acids is 1. The molecule has 1 aromatic carbocycles. The Hall–Kier alpha value is -1.55. The zero-order chi connectivity index (χ0) is 13.9. The van der Waals surface area contributed by atoms with Crippen LogP contribution >= 0.6 is 0 Å². The van der Waals surface area contributed by atoms with Crippen LogP contribution in [-0.4, -0.2) is 36.2 Å². The minimum absolute atomic E-state index is 0.517. The fraction of sp³-hybridized carbons (Fsp3) is 0.500. The predicted molar refractivity (Wildman–Crippen MR) is 71.0 cm³/mol. The summed E-state index contributed by atoms with van der Waals surface area (Å²) in [7, 11) is 3.43. The molecule has 1 unspecified atom stereocenters. The summed E-state index contributed by atoms with van der Waals surface area (Å²) in [5.41, 5.74) is 3.36. The Morgan fingerprint density at radius 2 is 1.94 bits per heavy atom. The van der Waals surface area contributed by atoms with E-state index in [2.05, 4.69) is 6.07 Å². The molecule has 1 atom stereocenters. The van der Waals surface area contributed by atoms with Crippen LogP contribution < -0.4 is 4.74 Å². The minimum Gasteiger partial charge on any atom is -0.496 e. The largest absolute Gasteiger partial charge is 0.496 e. The molecule has 0 aliphatic rings. The summed E-state index contributed by atoms with van der Waals surface area (Å²) < 4.78 is 5.35. The highest BCUT2D eigenvalue weighted by Gasteiger charge is 2.18. The number of rotatable bonds is 5. The predicted octanol–water partition coefficient (Wildman–Crippen LogP) is 2.22. The van der Waals surface area contributed by atoms with Gasteiger partial charge in [0.25, 0.3) is 0 Å². The van der Waals surface area contributed by atoms with Gasteiger partial charge in [0, 0.05) is 12.1 Å². The molecule has 1 rings (SSSR count). The van der Waals surface area contributed by atoms with Crippen molar-refractivity contribution in [2.45, 2.75) is 33.4 Å². The first kappa shape index (κ1) is 14.5. The van der Waals surface area contributed by atoms with Gasteiger partial charge in [0.2, 0.25) is 0 Å². The van der Waals surface area contributed by atoms with Crippen LogP contribution in [0.5, 0.6) is 5.75 Å². The zero-order valence-corrected chi connectivity index (χ0v) is 11.7. The molecule has 0 fully saturated rings. The molecule has 0 aliphatic carbocycles. The van der Waals surface area contributed by atoms with E-state index in [1.54, 1.807) is 26.0 Å². The highest BCUT2D eigenvalue weighted by atomic mass is 16.5. The van der Waals surface area contributed by atoms with Crippen LogP contribution in [0.3, 0.4) is 0 Å². The zero-order valence-electron chi connectivity index (χ0n) is 11.7. The van der Waals surface area contributed by atoms with Crippen molar-refractivity contribution in [3.05, 3.63) is 28.8 Å². The number of aryl methyl sites for hydroxylation is 2. The van der Waals surface area contributed by atoms with Crippen molar-refractivity contribution >= 4 is 5.97 Å². The lowest BCUT2D eigenvalue weighted by Crippen LogP contribution is -2.35. The first-order valence-corrected chi connectivity index (χ1v) is 5.94. The highest BCUT2D eigenvalue weighted by molar-refractivity contribution is 5.72. The van der Waals surface area contributed by atoms with E-state index in [0.29, 0.717) is 6.54 Å². The molecule has 0 radical (unpaired) electrons. The molecular weight excluding hydrogens is 230 g/mol. The van der Waals surface area contributed by atoms with Crippen molar-refractivity contribution in [1.29, 1.82) is 0 Å². The average molecular weight is 251 g/mol. The van der Waals surface area contributed by atoms with E-state index in [1.165, 1.54) is 11.1 Å². The Bertz CT molecular complexity index is 443. The number of carbonyl (C=O) groups is 1. The molecule has 4 nitrogen and oxygen atoms in total. The van der Waals surface area contributed by atoms with E-state index in [4.69, 9.17) is 9.84 Å². The van der Waals surface area contributed by atoms with Crippen molar-refractivity contribution in [2.75, 3.05) is 14.2 Å². The second-order valence-corrected chi connectivity index (χ2v) is 4.68. The van der Waals surface area contributed by atoms with Crippen LogP contribution in [0.1, 0.15) is 23.6 Å². The summed E-state index contributed by atoms with van der Waals surface area (Å²) in [4.78, 5) is 12.7. The number of nitrogens with zero attached hydrogens (tertiary/aromatic N) is 1. The summed E-state index contributed by atoms with van der Waals surface area (Å²) in [5, 5.41) is 8.98. The summed E-state index contributed by atoms with van der Waals surface area (Å²) >= 11 is 0. The van der Waals surface area contributed by atoms with Crippen LogP contribution in [0.2, 0.25) is 0 Å². The van der Waals surface area contributed by atoms with Crippen LogP contribution in [0.25, 0.3) is 0 Å². The molecule has 0 aliphatic heterocycles. The third-order valence-corrected chi connectivity index (χ3v) is 3.34. The molecule has 100 valence electrons. The number of benzene rings is 1. The van der Waals surface area contributed by atoms with Gasteiger partial charge in [-0.15, -0.1) is 0 Å². The van der Waals surface area contributed by atoms with Crippen LogP contribution in [0.4, 0.5) is 0 Å². The van der Waals surface area contributed by atoms with Crippen molar-refractivity contribution in [3.8, 4) is 5.75 Å². The number of ether oxygens (including phenoxy) is 1. The smallest absolute Gasteiger partial charge is 0.320 e. The molecule has 0 saturated heterocycles. The molecule has 0 saturated carbocycles. The molecule has 18 heavy (non-hydrogen) atoms. The van der Waals surface area contributed by atoms with E-state index in [9.17, 15) is 4.79 Å². The maximum atomic E-state index is 10.9. The van der Waals surface area contributed by atoms with Gasteiger partial charge >= 0.3 is 5.97 Å². The standard InChI is InChI=1S/C14H21NO3/c1-9-6-12(13(18-5)7-10(9)2)8-15(4)11(3)14(16)17/h6-7,11H,8H2,1-5H3,(H,16,17). The third-order valence-electron chi connectivity index (χ3n) is 3.34. The maximum Gasteiger partial charge on any atom is 0.320 e. The monoisotopic (exact) mass is 251 g/mol. The molecule has 1 N–H and O–H groups in total. The summed E-state index contributed by atoms with van der Waals surface area (Å²) in [6, 6.07) is 3.53. The van der Waals surface area contributed by atoms with Crippen molar-refractivity contribution in [3.63, 3.8) is 0 Å². The van der Waals surface area contributed by atoms with E-state index in [-0.39, 0.29) is 0 Å². The maximum absolute atomic E-state index is 10.9. The molecule has 0 heterocycles. The van der Waals surface area contributed by atoms with Gasteiger partial charge in [-0.2, -0.15) is 0 Å². The molecular formula is C14H21NO3. The quantitative estimate of drug-likeness (QED) is 0.871. The minimum atomic E-state index is -0.819. The fourth-order valence-corrected chi connectivity index (χ4v) is 1.76. The summed E-state index contributed by atoms with van der Waals surface area (Å²) in [5.74, 6) is -0.0113. The van der Waals surface area contributed by atoms with Gasteiger partial charge in [0.15, 0.2) is 0 Å². The Kier molecular flexibility index (Phi) is 4.73. The molecule has 0 bridgehead atoms. The van der Waals surface area contributed by atoms with E-state index in [0.717, 1.165) is 11.3 Å². The van der Waals surface area contributed by atoms with Crippen molar-refractivity contribution in [1.82, 2.24) is 4.90 Å². The van der Waals surface area contributed by atoms with Crippen LogP contribution in [-0.2, 0) is 11.3 Å².